The zero-order valence-electron chi connectivity index (χ0n) is 8.68. The number of benzene rings is 1. The maximum absolute atomic E-state index is 10.9. The Balaban J connectivity index is 2.20. The molecule has 8 heteroatoms. The molecule has 0 aliphatic carbocycles. The second-order valence-corrected chi connectivity index (χ2v) is 4.15. The molecule has 0 bridgehead atoms. The van der Waals surface area contributed by atoms with Crippen molar-refractivity contribution in [2.45, 2.75) is 6.61 Å². The summed E-state index contributed by atoms with van der Waals surface area (Å²) in [5.41, 5.74) is 0.764. The summed E-state index contributed by atoms with van der Waals surface area (Å²) in [4.78, 5) is 27.5. The van der Waals surface area contributed by atoms with Crippen molar-refractivity contribution >= 4 is 14.0 Å². The van der Waals surface area contributed by atoms with E-state index in [-0.39, 0.29) is 6.61 Å². The van der Waals surface area contributed by atoms with E-state index in [2.05, 4.69) is 14.0 Å². The number of hydrogen-bond donors (Lipinski definition) is 2. The van der Waals surface area contributed by atoms with Crippen LogP contribution in [0.3, 0.4) is 0 Å². The molecule has 1 rings (SSSR count). The van der Waals surface area contributed by atoms with Crippen LogP contribution in [0.4, 0.5) is 4.79 Å². The fourth-order valence-corrected chi connectivity index (χ4v) is 1.09. The van der Waals surface area contributed by atoms with Gasteiger partial charge in [-0.2, -0.15) is 0 Å². The average molecular weight is 262 g/mol. The van der Waals surface area contributed by atoms with E-state index in [9.17, 15) is 9.36 Å². The normalized spacial score (nSPS) is 10.9. The number of rotatable bonds is 5. The van der Waals surface area contributed by atoms with Gasteiger partial charge in [0.05, 0.1) is 0 Å². The van der Waals surface area contributed by atoms with Crippen LogP contribution in [0.2, 0.25) is 0 Å². The van der Waals surface area contributed by atoms with Crippen LogP contribution in [0, 0.1) is 0 Å². The molecule has 94 valence electrons. The minimum absolute atomic E-state index is 0.00951. The molecule has 0 unspecified atom stereocenters. The molecule has 0 aromatic heterocycles. The lowest BCUT2D eigenvalue weighted by molar-refractivity contribution is -0.00839. The molecular weight excluding hydrogens is 251 g/mol. The van der Waals surface area contributed by atoms with Gasteiger partial charge in [0.25, 0.3) is 0 Å². The van der Waals surface area contributed by atoms with Gasteiger partial charge in [-0.15, -0.1) is 0 Å². The van der Waals surface area contributed by atoms with E-state index in [0.717, 1.165) is 5.56 Å². The van der Waals surface area contributed by atoms with Gasteiger partial charge in [-0.1, -0.05) is 30.3 Å². The molecule has 2 N–H and O–H groups in total. The summed E-state index contributed by atoms with van der Waals surface area (Å²) in [7, 11) is -4.63. The maximum atomic E-state index is 10.9. The monoisotopic (exact) mass is 262 g/mol. The number of carbonyl (C=O) groups is 1. The van der Waals surface area contributed by atoms with Crippen LogP contribution in [0.15, 0.2) is 30.3 Å². The van der Waals surface area contributed by atoms with E-state index < -0.39 is 20.8 Å². The molecule has 17 heavy (non-hydrogen) atoms. The molecule has 7 nitrogen and oxygen atoms in total. The van der Waals surface area contributed by atoms with Gasteiger partial charge in [-0.3, -0.25) is 0 Å². The summed E-state index contributed by atoms with van der Waals surface area (Å²) in [5, 5.41) is 0. The molecule has 0 saturated carbocycles. The van der Waals surface area contributed by atoms with Crippen molar-refractivity contribution in [2.75, 3.05) is 6.79 Å². The molecule has 0 radical (unpaired) electrons. The molecule has 0 aliphatic heterocycles. The summed E-state index contributed by atoms with van der Waals surface area (Å²) in [6.07, 6.45) is -1.07. The van der Waals surface area contributed by atoms with Gasteiger partial charge in [0.2, 0.25) is 6.79 Å². The van der Waals surface area contributed by atoms with Crippen molar-refractivity contribution in [3.8, 4) is 0 Å². The Bertz CT molecular complexity index is 399. The van der Waals surface area contributed by atoms with Crippen LogP contribution >= 0.6 is 7.82 Å². The van der Waals surface area contributed by atoms with Crippen molar-refractivity contribution in [1.82, 2.24) is 0 Å². The fourth-order valence-electron chi connectivity index (χ4n) is 0.901. The van der Waals surface area contributed by atoms with E-state index >= 15 is 0 Å². The quantitative estimate of drug-likeness (QED) is 0.469. The first-order valence-corrected chi connectivity index (χ1v) is 6.04. The van der Waals surface area contributed by atoms with Crippen LogP contribution in [0.5, 0.6) is 0 Å². The van der Waals surface area contributed by atoms with Crippen molar-refractivity contribution in [3.05, 3.63) is 35.9 Å². The van der Waals surface area contributed by atoms with Crippen molar-refractivity contribution in [1.29, 1.82) is 0 Å². The molecule has 0 spiro atoms. The highest BCUT2D eigenvalue weighted by molar-refractivity contribution is 7.46. The SMILES string of the molecule is O=C(OCOP(=O)(O)O)OCc1ccccc1. The predicted octanol–water partition coefficient (Wildman–Crippen LogP) is 1.41. The third-order valence-corrected chi connectivity index (χ3v) is 2.04. The number of phosphoric ester groups is 1. The average Bonchev–Trinajstić information content (AvgIpc) is 2.26. The highest BCUT2D eigenvalue weighted by atomic mass is 31.2. The Kier molecular flexibility index (Phi) is 5.11. The van der Waals surface area contributed by atoms with Crippen LogP contribution in [-0.4, -0.2) is 22.7 Å². The lowest BCUT2D eigenvalue weighted by Crippen LogP contribution is -2.09. The summed E-state index contributed by atoms with van der Waals surface area (Å²) in [6.45, 7) is -0.854. The minimum atomic E-state index is -4.63. The lowest BCUT2D eigenvalue weighted by atomic mass is 10.2. The van der Waals surface area contributed by atoms with E-state index in [1.54, 1.807) is 24.3 Å². The molecule has 0 aliphatic rings. The molecule has 1 aromatic rings. The zero-order chi connectivity index (χ0) is 12.7. The second kappa shape index (κ2) is 6.36. The highest BCUT2D eigenvalue weighted by Crippen LogP contribution is 2.35. The zero-order valence-corrected chi connectivity index (χ0v) is 9.58. The van der Waals surface area contributed by atoms with Gasteiger partial charge in [-0.05, 0) is 5.56 Å². The number of hydrogen-bond acceptors (Lipinski definition) is 5. The Morgan fingerprint density at radius 2 is 1.82 bits per heavy atom. The summed E-state index contributed by atoms with van der Waals surface area (Å²) < 4.78 is 23.0. The summed E-state index contributed by atoms with van der Waals surface area (Å²) in [5.74, 6) is 0. The van der Waals surface area contributed by atoms with E-state index in [1.807, 2.05) is 6.07 Å². The molecule has 0 atom stereocenters. The molecule has 0 saturated heterocycles. The summed E-state index contributed by atoms with van der Waals surface area (Å²) in [6, 6.07) is 8.87. The first kappa shape index (κ1) is 13.7. The van der Waals surface area contributed by atoms with Crippen molar-refractivity contribution in [2.24, 2.45) is 0 Å². The molecule has 0 fully saturated rings. The second-order valence-electron chi connectivity index (χ2n) is 2.91. The fraction of sp³-hybridized carbons (Fsp3) is 0.222. The van der Waals surface area contributed by atoms with E-state index in [4.69, 9.17) is 9.79 Å². The molecule has 0 heterocycles. The minimum Gasteiger partial charge on any atom is -0.429 e. The third-order valence-electron chi connectivity index (χ3n) is 1.60. The van der Waals surface area contributed by atoms with Gasteiger partial charge >= 0.3 is 14.0 Å². The Morgan fingerprint density at radius 3 is 2.41 bits per heavy atom. The Labute approximate surface area is 97.2 Å². The van der Waals surface area contributed by atoms with Gasteiger partial charge in [0.15, 0.2) is 0 Å². The first-order chi connectivity index (χ1) is 7.97. The smallest absolute Gasteiger partial charge is 0.429 e. The van der Waals surface area contributed by atoms with Crippen LogP contribution in [0.25, 0.3) is 0 Å². The number of carbonyl (C=O) groups excluding carboxylic acids is 1. The lowest BCUT2D eigenvalue weighted by Gasteiger charge is -2.07. The highest BCUT2D eigenvalue weighted by Gasteiger charge is 2.15. The first-order valence-electron chi connectivity index (χ1n) is 4.51. The number of phosphoric acid groups is 1. The maximum Gasteiger partial charge on any atom is 0.510 e. The van der Waals surface area contributed by atoms with Crippen LogP contribution < -0.4 is 0 Å². The van der Waals surface area contributed by atoms with Crippen molar-refractivity contribution < 1.29 is 33.1 Å². The van der Waals surface area contributed by atoms with E-state index in [1.165, 1.54) is 0 Å². The van der Waals surface area contributed by atoms with Gasteiger partial charge in [0, 0.05) is 0 Å². The molecule has 0 amide bonds. The van der Waals surface area contributed by atoms with Crippen molar-refractivity contribution in [3.63, 3.8) is 0 Å². The van der Waals surface area contributed by atoms with Crippen LogP contribution in [-0.2, 0) is 25.2 Å². The molecule has 1 aromatic carbocycles. The Morgan fingerprint density at radius 1 is 1.18 bits per heavy atom. The third kappa shape index (κ3) is 6.70. The largest absolute Gasteiger partial charge is 0.510 e. The van der Waals surface area contributed by atoms with E-state index in [0.29, 0.717) is 0 Å². The molecular formula is C9H11O7P. The van der Waals surface area contributed by atoms with Crippen LogP contribution in [0.1, 0.15) is 5.56 Å². The van der Waals surface area contributed by atoms with Gasteiger partial charge in [-0.25, -0.2) is 13.9 Å². The van der Waals surface area contributed by atoms with Gasteiger partial charge < -0.3 is 19.3 Å². The standard InChI is InChI=1S/C9H11O7P/c10-9(15-7-16-17(11,12)13)14-6-8-4-2-1-3-5-8/h1-5H,6-7H2,(H2,11,12,13). The summed E-state index contributed by atoms with van der Waals surface area (Å²) >= 11 is 0. The topological polar surface area (TPSA) is 102 Å². The predicted molar refractivity (Wildman–Crippen MR) is 55.7 cm³/mol. The van der Waals surface area contributed by atoms with Gasteiger partial charge in [0.1, 0.15) is 6.61 Å². The Hall–Kier alpha value is -1.40. The number of ether oxygens (including phenoxy) is 2.